The highest BCUT2D eigenvalue weighted by atomic mass is 79.9. The molecule has 0 aliphatic carbocycles. The van der Waals surface area contributed by atoms with E-state index in [-0.39, 0.29) is 23.9 Å². The molecule has 2 aromatic rings. The van der Waals surface area contributed by atoms with Crippen LogP contribution in [0, 0.1) is 0 Å². The highest BCUT2D eigenvalue weighted by Gasteiger charge is 2.17. The lowest BCUT2D eigenvalue weighted by molar-refractivity contribution is -0.119. The molecule has 0 bridgehead atoms. The van der Waals surface area contributed by atoms with Crippen LogP contribution in [-0.4, -0.2) is 33.1 Å². The summed E-state index contributed by atoms with van der Waals surface area (Å²) in [7, 11) is 0. The maximum absolute atomic E-state index is 12.5. The average molecular weight is 407 g/mol. The van der Waals surface area contributed by atoms with Gasteiger partial charge in [-0.1, -0.05) is 0 Å². The molecule has 2 aromatic heterocycles. The zero-order valence-electron chi connectivity index (χ0n) is 14.8. The zero-order chi connectivity index (χ0) is 18.4. The van der Waals surface area contributed by atoms with Crippen molar-refractivity contribution in [3.8, 4) is 0 Å². The minimum absolute atomic E-state index is 0.0173. The number of aromatic nitrogens is 3. The summed E-state index contributed by atoms with van der Waals surface area (Å²) in [6.45, 7) is 6.90. The van der Waals surface area contributed by atoms with E-state index >= 15 is 0 Å². The molecule has 0 atom stereocenters. The Morgan fingerprint density at radius 1 is 1.32 bits per heavy atom. The maximum atomic E-state index is 12.5. The first-order valence-corrected chi connectivity index (χ1v) is 9.16. The van der Waals surface area contributed by atoms with Gasteiger partial charge in [-0.3, -0.25) is 14.6 Å². The van der Waals surface area contributed by atoms with Crippen LogP contribution in [0.2, 0.25) is 0 Å². The number of aryl methyl sites for hydroxylation is 1. The van der Waals surface area contributed by atoms with Crippen LogP contribution in [0.15, 0.2) is 40.0 Å². The van der Waals surface area contributed by atoms with Gasteiger partial charge in [0.05, 0.1) is 11.9 Å². The summed E-state index contributed by atoms with van der Waals surface area (Å²) in [5.74, 6) is -0.0257. The molecule has 0 radical (unpaired) electrons. The van der Waals surface area contributed by atoms with E-state index in [1.54, 1.807) is 18.6 Å². The molecule has 0 aromatic carbocycles. The van der Waals surface area contributed by atoms with Crippen LogP contribution in [0.5, 0.6) is 0 Å². The summed E-state index contributed by atoms with van der Waals surface area (Å²) < 4.78 is 1.66. The number of ketones is 1. The van der Waals surface area contributed by atoms with Crippen molar-refractivity contribution < 1.29 is 4.79 Å². The topological polar surface area (TPSA) is 68.1 Å². The Bertz CT molecular complexity index is 774. The van der Waals surface area contributed by atoms with Gasteiger partial charge in [-0.25, -0.2) is 4.68 Å². The van der Waals surface area contributed by atoms with Gasteiger partial charge in [-0.05, 0) is 60.8 Å². The van der Waals surface area contributed by atoms with Gasteiger partial charge in [0, 0.05) is 31.4 Å². The number of nitrogens with zero attached hydrogens (tertiary/aromatic N) is 4. The van der Waals surface area contributed by atoms with Crippen molar-refractivity contribution in [2.24, 2.45) is 0 Å². The molecular weight excluding hydrogens is 384 g/mol. The molecule has 0 aliphatic heterocycles. The fourth-order valence-corrected chi connectivity index (χ4v) is 3.20. The van der Waals surface area contributed by atoms with Crippen molar-refractivity contribution in [1.29, 1.82) is 0 Å². The van der Waals surface area contributed by atoms with Gasteiger partial charge in [0.15, 0.2) is 5.78 Å². The molecule has 0 unspecified atom stereocenters. The predicted molar refractivity (Wildman–Crippen MR) is 102 cm³/mol. The van der Waals surface area contributed by atoms with Gasteiger partial charge in [-0.15, -0.1) is 0 Å². The van der Waals surface area contributed by atoms with Crippen molar-refractivity contribution in [3.63, 3.8) is 0 Å². The van der Waals surface area contributed by atoms with E-state index in [9.17, 15) is 9.59 Å². The summed E-state index contributed by atoms with van der Waals surface area (Å²) in [6.07, 6.45) is 6.05. The van der Waals surface area contributed by atoms with Gasteiger partial charge in [0.2, 0.25) is 0 Å². The smallest absolute Gasteiger partial charge is 0.283 e. The van der Waals surface area contributed by atoms with Crippen LogP contribution in [0.1, 0.15) is 32.8 Å². The Hall–Kier alpha value is -2.02. The van der Waals surface area contributed by atoms with Gasteiger partial charge in [0.1, 0.15) is 11.0 Å². The number of carbonyl (C=O) groups excluding carboxylic acids is 1. The molecular formula is C18H23BrN4O2. The Morgan fingerprint density at radius 3 is 2.60 bits per heavy atom. The molecule has 0 aliphatic rings. The van der Waals surface area contributed by atoms with Crippen molar-refractivity contribution in [2.45, 2.75) is 46.2 Å². The van der Waals surface area contributed by atoms with E-state index in [0.29, 0.717) is 17.3 Å². The van der Waals surface area contributed by atoms with Crippen LogP contribution in [0.4, 0.5) is 5.69 Å². The third-order valence-corrected chi connectivity index (χ3v) is 4.75. The van der Waals surface area contributed by atoms with E-state index < -0.39 is 0 Å². The van der Waals surface area contributed by atoms with Crippen LogP contribution in [0.3, 0.4) is 0 Å². The number of anilines is 1. The normalized spacial score (nSPS) is 10.9. The highest BCUT2D eigenvalue weighted by Crippen LogP contribution is 2.23. The second-order valence-electron chi connectivity index (χ2n) is 6.08. The molecule has 2 rings (SSSR count). The lowest BCUT2D eigenvalue weighted by Gasteiger charge is -2.28. The Balaban J connectivity index is 2.09. The Kier molecular flexibility index (Phi) is 6.87. The zero-order valence-corrected chi connectivity index (χ0v) is 16.4. The molecule has 0 fully saturated rings. The summed E-state index contributed by atoms with van der Waals surface area (Å²) in [6, 6.07) is 4.02. The number of pyridine rings is 1. The maximum Gasteiger partial charge on any atom is 0.283 e. The third-order valence-electron chi connectivity index (χ3n) is 4.01. The molecule has 0 spiro atoms. The van der Waals surface area contributed by atoms with Crippen molar-refractivity contribution in [2.75, 3.05) is 11.4 Å². The first-order valence-electron chi connectivity index (χ1n) is 8.36. The first-order chi connectivity index (χ1) is 11.9. The quantitative estimate of drug-likeness (QED) is 0.673. The van der Waals surface area contributed by atoms with E-state index in [1.165, 1.54) is 4.68 Å². The van der Waals surface area contributed by atoms with E-state index in [2.05, 4.69) is 44.8 Å². The molecule has 6 nitrogen and oxygen atoms in total. The van der Waals surface area contributed by atoms with Crippen LogP contribution in [0.25, 0.3) is 0 Å². The number of hydrogen-bond donors (Lipinski definition) is 0. The average Bonchev–Trinajstić information content (AvgIpc) is 2.60. The fraction of sp³-hybridized carbons (Fsp3) is 0.444. The molecule has 0 N–H and O–H groups in total. The highest BCUT2D eigenvalue weighted by molar-refractivity contribution is 9.10. The van der Waals surface area contributed by atoms with Crippen LogP contribution >= 0.6 is 15.9 Å². The molecule has 7 heteroatoms. The monoisotopic (exact) mass is 406 g/mol. The number of halogens is 1. The summed E-state index contributed by atoms with van der Waals surface area (Å²) in [5, 5.41) is 4.19. The lowest BCUT2D eigenvalue weighted by Crippen LogP contribution is -2.34. The second kappa shape index (κ2) is 8.89. The van der Waals surface area contributed by atoms with E-state index in [0.717, 1.165) is 17.8 Å². The Morgan fingerprint density at radius 2 is 2.00 bits per heavy atom. The van der Waals surface area contributed by atoms with Crippen molar-refractivity contribution in [1.82, 2.24) is 14.8 Å². The number of hydrogen-bond acceptors (Lipinski definition) is 5. The summed E-state index contributed by atoms with van der Waals surface area (Å²) in [4.78, 5) is 30.7. The first kappa shape index (κ1) is 19.3. The van der Waals surface area contributed by atoms with E-state index in [1.807, 2.05) is 19.1 Å². The second-order valence-corrected chi connectivity index (χ2v) is 6.87. The SMILES string of the molecule is CCN(c1cnn(CC(=O)CCc2ccncc2)c(=O)c1Br)C(C)C. The molecule has 0 amide bonds. The lowest BCUT2D eigenvalue weighted by atomic mass is 10.1. The van der Waals surface area contributed by atoms with E-state index in [4.69, 9.17) is 0 Å². The van der Waals surface area contributed by atoms with Crippen molar-refractivity contribution in [3.05, 3.63) is 51.1 Å². The van der Waals surface area contributed by atoms with Gasteiger partial charge in [0.25, 0.3) is 5.56 Å². The molecule has 134 valence electrons. The van der Waals surface area contributed by atoms with Crippen molar-refractivity contribution >= 4 is 27.4 Å². The van der Waals surface area contributed by atoms with Gasteiger partial charge < -0.3 is 4.90 Å². The number of Topliss-reactive ketones (excluding diaryl/α,β-unsaturated/α-hetero) is 1. The molecule has 2 heterocycles. The van der Waals surface area contributed by atoms with Gasteiger partial charge in [-0.2, -0.15) is 5.10 Å². The molecule has 0 saturated heterocycles. The molecule has 25 heavy (non-hydrogen) atoms. The standard InChI is InChI=1S/C18H23BrN4O2/c1-4-22(13(2)3)16-11-21-23(18(25)17(16)19)12-15(24)6-5-14-7-9-20-10-8-14/h7-11,13H,4-6,12H2,1-3H3. The van der Waals surface area contributed by atoms with Crippen LogP contribution in [-0.2, 0) is 17.8 Å². The summed E-state index contributed by atoms with van der Waals surface area (Å²) in [5.41, 5.74) is 1.52. The number of rotatable bonds is 8. The fourth-order valence-electron chi connectivity index (χ4n) is 2.66. The predicted octanol–water partition coefficient (Wildman–Crippen LogP) is 2.84. The minimum atomic E-state index is -0.283. The Labute approximate surface area is 156 Å². The number of carbonyl (C=O) groups is 1. The largest absolute Gasteiger partial charge is 0.367 e. The molecule has 0 saturated carbocycles. The van der Waals surface area contributed by atoms with Crippen LogP contribution < -0.4 is 10.5 Å². The third kappa shape index (κ3) is 4.98. The van der Waals surface area contributed by atoms with Gasteiger partial charge >= 0.3 is 0 Å². The summed E-state index contributed by atoms with van der Waals surface area (Å²) >= 11 is 3.37. The minimum Gasteiger partial charge on any atom is -0.367 e.